The zero-order valence-corrected chi connectivity index (χ0v) is 14.6. The van der Waals surface area contributed by atoms with Crippen LogP contribution in [0, 0.1) is 0 Å². The number of carbonyl (C=O) groups is 2. The van der Waals surface area contributed by atoms with Crippen LogP contribution in [0.25, 0.3) is 5.73 Å². The van der Waals surface area contributed by atoms with Crippen LogP contribution in [0.1, 0.15) is 6.92 Å². The second-order valence-electron chi connectivity index (χ2n) is 5.41. The van der Waals surface area contributed by atoms with E-state index in [-0.39, 0.29) is 5.97 Å². The molecule has 0 atom stereocenters. The van der Waals surface area contributed by atoms with E-state index in [4.69, 9.17) is 15.0 Å². The first-order chi connectivity index (χ1) is 10.2. The van der Waals surface area contributed by atoms with Gasteiger partial charge in [-0.3, -0.25) is 4.55 Å². The highest BCUT2D eigenvalue weighted by molar-refractivity contribution is 7.80. The van der Waals surface area contributed by atoms with Gasteiger partial charge in [0.15, 0.2) is 0 Å². The first kappa shape index (κ1) is 23.5. The Morgan fingerprint density at radius 3 is 2.17 bits per heavy atom. The Morgan fingerprint density at radius 2 is 1.83 bits per heavy atom. The van der Waals surface area contributed by atoms with Crippen molar-refractivity contribution in [2.75, 3.05) is 40.9 Å². The fraction of sp³-hybridized carbons (Fsp3) is 0.538. The Kier molecular flexibility index (Phi) is 11.1. The number of rotatable bonds is 8. The van der Waals surface area contributed by atoms with E-state index < -0.39 is 22.9 Å². The molecule has 0 radical (unpaired) electrons. The number of nitrogens with one attached hydrogen (secondary N) is 1. The van der Waals surface area contributed by atoms with Crippen LogP contribution < -0.4 is 0 Å². The molecule has 0 aromatic carbocycles. The molecule has 0 bridgehead atoms. The van der Waals surface area contributed by atoms with Crippen LogP contribution in [0.5, 0.6) is 0 Å². The molecule has 0 aliphatic heterocycles. The van der Waals surface area contributed by atoms with Gasteiger partial charge in [-0.05, 0) is 13.0 Å². The van der Waals surface area contributed by atoms with Gasteiger partial charge in [-0.1, -0.05) is 12.7 Å². The molecule has 0 aliphatic carbocycles. The molecule has 0 rings (SSSR count). The van der Waals surface area contributed by atoms with E-state index in [0.29, 0.717) is 12.2 Å². The maximum absolute atomic E-state index is 10.9. The van der Waals surface area contributed by atoms with Gasteiger partial charge < -0.3 is 19.7 Å². The van der Waals surface area contributed by atoms with Gasteiger partial charge in [0.05, 0.1) is 33.7 Å². The molecule has 1 amide bonds. The predicted molar refractivity (Wildman–Crippen MR) is 84.6 cm³/mol. The molecule has 10 heteroatoms. The Balaban J connectivity index is 0. The van der Waals surface area contributed by atoms with Crippen molar-refractivity contribution in [3.63, 3.8) is 0 Å². The van der Waals surface area contributed by atoms with Crippen molar-refractivity contribution >= 4 is 22.3 Å². The Bertz CT molecular complexity index is 533. The Hall–Kier alpha value is -1.75. The highest BCUT2D eigenvalue weighted by atomic mass is 32.3. The second-order valence-corrected chi connectivity index (χ2v) is 6.50. The largest absolute Gasteiger partial charge is 0.664 e. The van der Waals surface area contributed by atoms with Crippen LogP contribution in [-0.4, -0.2) is 70.2 Å². The minimum absolute atomic E-state index is 0.302. The molecule has 9 nitrogen and oxygen atoms in total. The van der Waals surface area contributed by atoms with Gasteiger partial charge in [-0.25, -0.2) is 8.98 Å². The minimum atomic E-state index is -4.45. The smallest absolute Gasteiger partial charge is 0.397 e. The Labute approximate surface area is 136 Å². The van der Waals surface area contributed by atoms with E-state index >= 15 is 0 Å². The average molecular weight is 352 g/mol. The summed E-state index contributed by atoms with van der Waals surface area (Å²) >= 11 is 0. The summed E-state index contributed by atoms with van der Waals surface area (Å²) in [4.78, 5) is 20.8. The van der Waals surface area contributed by atoms with Gasteiger partial charge in [0.2, 0.25) is 0 Å². The van der Waals surface area contributed by atoms with Gasteiger partial charge in [-0.15, -0.1) is 0 Å². The topological polar surface area (TPSA) is 131 Å². The van der Waals surface area contributed by atoms with Gasteiger partial charge in [0.1, 0.15) is 13.2 Å². The summed E-state index contributed by atoms with van der Waals surface area (Å²) in [6, 6.07) is 0. The molecule has 2 N–H and O–H groups in total. The number of ether oxygens (including phenoxy) is 1. The van der Waals surface area contributed by atoms with Gasteiger partial charge in [0, 0.05) is 5.57 Å². The number of amides is 1. The average Bonchev–Trinajstić information content (AvgIpc) is 2.32. The highest BCUT2D eigenvalue weighted by Gasteiger charge is 2.09. The molecule has 0 unspecified atom stereocenters. The summed E-state index contributed by atoms with van der Waals surface area (Å²) < 4.78 is 37.2. The summed E-state index contributed by atoms with van der Waals surface area (Å²) in [6.07, 6.45) is 1.81. The summed E-state index contributed by atoms with van der Waals surface area (Å²) in [5, 5.41) is 0. The quantitative estimate of drug-likeness (QED) is 0.295. The number of hydrogen-bond acceptors (Lipinski definition) is 6. The summed E-state index contributed by atoms with van der Waals surface area (Å²) in [5.41, 5.74) is 6.77. The maximum atomic E-state index is 10.9. The van der Waals surface area contributed by atoms with Crippen LogP contribution in [-0.2, 0) is 28.9 Å². The third kappa shape index (κ3) is 22.7. The van der Waals surface area contributed by atoms with Crippen molar-refractivity contribution in [1.82, 2.24) is 0 Å². The number of esters is 1. The lowest BCUT2D eigenvalue weighted by molar-refractivity contribution is -0.870. The van der Waals surface area contributed by atoms with Crippen LogP contribution >= 0.6 is 0 Å². The molecule has 0 heterocycles. The van der Waals surface area contributed by atoms with E-state index in [1.807, 2.05) is 0 Å². The molecule has 0 saturated heterocycles. The number of hydrogen-bond donors (Lipinski definition) is 1. The second kappa shape index (κ2) is 10.9. The summed E-state index contributed by atoms with van der Waals surface area (Å²) in [5.74, 6) is -1.27. The predicted octanol–water partition coefficient (Wildman–Crippen LogP) is 0.753. The lowest BCUT2D eigenvalue weighted by Crippen LogP contribution is -2.38. The van der Waals surface area contributed by atoms with Crippen LogP contribution in [0.2, 0.25) is 0 Å². The number of quaternary nitrogens is 1. The third-order valence-corrected chi connectivity index (χ3v) is 2.36. The van der Waals surface area contributed by atoms with Crippen LogP contribution in [0.4, 0.5) is 0 Å². The van der Waals surface area contributed by atoms with Gasteiger partial charge >= 0.3 is 16.4 Å². The first-order valence-electron chi connectivity index (χ1n) is 6.41. The fourth-order valence-electron chi connectivity index (χ4n) is 0.816. The first-order valence-corrected chi connectivity index (χ1v) is 7.78. The molecule has 0 fully saturated rings. The van der Waals surface area contributed by atoms with Crippen LogP contribution in [0.3, 0.4) is 0 Å². The molecule has 0 spiro atoms. The van der Waals surface area contributed by atoms with Crippen molar-refractivity contribution in [1.29, 1.82) is 0 Å². The number of likely N-dealkylation sites (N-methyl/N-ethyl adjacent to an activating group) is 1. The molecule has 0 saturated carbocycles. The highest BCUT2D eigenvalue weighted by Crippen LogP contribution is 1.94. The zero-order valence-electron chi connectivity index (χ0n) is 13.7. The molecule has 0 aliphatic rings. The van der Waals surface area contributed by atoms with Crippen molar-refractivity contribution in [3.8, 4) is 0 Å². The van der Waals surface area contributed by atoms with Gasteiger partial charge in [0.25, 0.3) is 0 Å². The standard InChI is InChI=1S/C9H18NO2.C4H7NO5S/c1-8(2)9(11)12-7-6-10(3,4)5;5-4(6)2-1-3-10-11(7,8)9/h1,6-7H2,2-5H3;1-2H,3H2,(H3,5,6,7,8,9)/q+1;/p-1. The Morgan fingerprint density at radius 1 is 1.30 bits per heavy atom. The normalized spacial score (nSPS) is 11.5. The van der Waals surface area contributed by atoms with E-state index in [1.165, 1.54) is 0 Å². The summed E-state index contributed by atoms with van der Waals surface area (Å²) in [6.45, 7) is 5.95. The number of nitrogens with zero attached hydrogens (tertiary/aromatic N) is 1. The third-order valence-electron chi connectivity index (χ3n) is 1.93. The SMILES string of the molecule is C=C(C)C(=O)OCC[N+](C)(C)C.[NH-]C(=O)C=CCOS(=O)(=O)O. The lowest BCUT2D eigenvalue weighted by atomic mass is 10.4. The maximum Gasteiger partial charge on any atom is 0.397 e. The minimum Gasteiger partial charge on any atom is -0.664 e. The fourth-order valence-corrected chi connectivity index (χ4v) is 1.07. The molecule has 134 valence electrons. The molecular formula is C13H24N2O7S. The molecule has 23 heavy (non-hydrogen) atoms. The van der Waals surface area contributed by atoms with E-state index in [9.17, 15) is 18.0 Å². The van der Waals surface area contributed by atoms with Crippen molar-refractivity contribution in [3.05, 3.63) is 30.0 Å². The number of carbonyl (C=O) groups excluding carboxylic acids is 2. The molecule has 0 aromatic heterocycles. The van der Waals surface area contributed by atoms with E-state index in [0.717, 1.165) is 23.2 Å². The zero-order chi connectivity index (χ0) is 18.7. The van der Waals surface area contributed by atoms with Crippen molar-refractivity contribution < 1.29 is 36.0 Å². The van der Waals surface area contributed by atoms with Crippen LogP contribution in [0.15, 0.2) is 24.3 Å². The van der Waals surface area contributed by atoms with Crippen molar-refractivity contribution in [2.45, 2.75) is 6.92 Å². The van der Waals surface area contributed by atoms with E-state index in [1.54, 1.807) is 6.92 Å². The van der Waals surface area contributed by atoms with E-state index in [2.05, 4.69) is 31.9 Å². The van der Waals surface area contributed by atoms with Gasteiger partial charge in [-0.2, -0.15) is 8.42 Å². The monoisotopic (exact) mass is 352 g/mol. The summed E-state index contributed by atoms with van der Waals surface area (Å²) in [7, 11) is 1.70. The molecular weight excluding hydrogens is 328 g/mol. The van der Waals surface area contributed by atoms with Crippen molar-refractivity contribution in [2.24, 2.45) is 0 Å². The lowest BCUT2D eigenvalue weighted by Gasteiger charge is -2.23. The molecule has 0 aromatic rings.